The molecule has 1 aromatic rings. The van der Waals surface area contributed by atoms with Crippen LogP contribution < -0.4 is 4.52 Å². The van der Waals surface area contributed by atoms with E-state index < -0.39 is 12.9 Å². The molecule has 104 valence electrons. The van der Waals surface area contributed by atoms with Crippen molar-refractivity contribution in [1.82, 2.24) is 0 Å². The van der Waals surface area contributed by atoms with Crippen molar-refractivity contribution in [2.45, 2.75) is 6.92 Å². The molecule has 5 nitrogen and oxygen atoms in total. The highest BCUT2D eigenvalue weighted by Gasteiger charge is 2.22. The Hall–Kier alpha value is -1.29. The van der Waals surface area contributed by atoms with Gasteiger partial charge in [0.2, 0.25) is 0 Å². The third-order valence-corrected chi connectivity index (χ3v) is 3.29. The van der Waals surface area contributed by atoms with Gasteiger partial charge in [-0.2, -0.15) is 0 Å². The first-order valence-electron chi connectivity index (χ1n) is 5.42. The fourth-order valence-corrected chi connectivity index (χ4v) is 2.20. The summed E-state index contributed by atoms with van der Waals surface area (Å²) in [6, 6.07) is 8.39. The fourth-order valence-electron chi connectivity index (χ4n) is 1.04. The maximum atomic E-state index is 11.7. The molecular weight excluding hydrogens is 291 g/mol. The lowest BCUT2D eigenvalue weighted by atomic mass is 10.3. The van der Waals surface area contributed by atoms with Gasteiger partial charge in [0, 0.05) is 16.8 Å². The number of para-hydroxylation sites is 1. The van der Waals surface area contributed by atoms with Crippen molar-refractivity contribution in [3.8, 4) is 5.75 Å². The van der Waals surface area contributed by atoms with Crippen LogP contribution in [0.25, 0.3) is 0 Å². The van der Waals surface area contributed by atoms with Crippen molar-refractivity contribution in [1.29, 1.82) is 0 Å². The van der Waals surface area contributed by atoms with Gasteiger partial charge in [-0.1, -0.05) is 24.8 Å². The van der Waals surface area contributed by atoms with Gasteiger partial charge in [-0.3, -0.25) is 4.52 Å². The summed E-state index contributed by atoms with van der Waals surface area (Å²) >= 11 is 5.60. The Balaban J connectivity index is 2.33. The Bertz CT molecular complexity index is 488. The highest BCUT2D eigenvalue weighted by atomic mass is 35.7. The Labute approximate surface area is 116 Å². The molecule has 0 heterocycles. The molecule has 0 aromatic heterocycles. The van der Waals surface area contributed by atoms with Gasteiger partial charge in [0.25, 0.3) is 0 Å². The van der Waals surface area contributed by atoms with Gasteiger partial charge < -0.3 is 9.26 Å². The van der Waals surface area contributed by atoms with Gasteiger partial charge >= 0.3 is 12.9 Å². The van der Waals surface area contributed by atoms with E-state index in [4.69, 9.17) is 25.0 Å². The highest BCUT2D eigenvalue weighted by Crippen LogP contribution is 2.53. The van der Waals surface area contributed by atoms with E-state index in [2.05, 4.69) is 6.58 Å². The molecule has 0 radical (unpaired) electrons. The van der Waals surface area contributed by atoms with Crippen molar-refractivity contribution < 1.29 is 23.1 Å². The van der Waals surface area contributed by atoms with Crippen LogP contribution in [0.1, 0.15) is 6.92 Å². The highest BCUT2D eigenvalue weighted by molar-refractivity contribution is 7.81. The van der Waals surface area contributed by atoms with Crippen molar-refractivity contribution in [2.75, 3.05) is 13.2 Å². The Morgan fingerprint density at radius 2 is 1.95 bits per heavy atom. The van der Waals surface area contributed by atoms with Crippen LogP contribution in [0.3, 0.4) is 0 Å². The Morgan fingerprint density at radius 1 is 1.32 bits per heavy atom. The van der Waals surface area contributed by atoms with Gasteiger partial charge in [0.05, 0.1) is 6.61 Å². The summed E-state index contributed by atoms with van der Waals surface area (Å²) in [7, 11) is 0. The van der Waals surface area contributed by atoms with Crippen molar-refractivity contribution >= 4 is 24.2 Å². The maximum absolute atomic E-state index is 11.7. The second-order valence-corrected chi connectivity index (χ2v) is 6.13. The minimum atomic E-state index is -3.74. The number of rotatable bonds is 7. The van der Waals surface area contributed by atoms with Crippen molar-refractivity contribution in [2.24, 2.45) is 0 Å². The molecule has 0 saturated carbocycles. The first kappa shape index (κ1) is 15.8. The lowest BCUT2D eigenvalue weighted by Crippen LogP contribution is -2.10. The van der Waals surface area contributed by atoms with E-state index >= 15 is 0 Å². The van der Waals surface area contributed by atoms with E-state index in [1.165, 1.54) is 6.92 Å². The van der Waals surface area contributed by atoms with Crippen LogP contribution in [-0.2, 0) is 18.6 Å². The first-order chi connectivity index (χ1) is 8.91. The monoisotopic (exact) mass is 304 g/mol. The van der Waals surface area contributed by atoms with E-state index in [0.29, 0.717) is 5.75 Å². The lowest BCUT2D eigenvalue weighted by molar-refractivity contribution is -0.139. The number of carbonyl (C=O) groups excluding carboxylic acids is 1. The van der Waals surface area contributed by atoms with Gasteiger partial charge in [-0.15, -0.1) is 0 Å². The number of benzene rings is 1. The molecule has 0 spiro atoms. The molecule has 1 atom stereocenters. The largest absolute Gasteiger partial charge is 0.476 e. The van der Waals surface area contributed by atoms with Crippen molar-refractivity contribution in [3.63, 3.8) is 0 Å². The normalized spacial score (nSPS) is 13.4. The van der Waals surface area contributed by atoms with Crippen LogP contribution in [0.2, 0.25) is 0 Å². The van der Waals surface area contributed by atoms with Crippen LogP contribution in [0.15, 0.2) is 42.5 Å². The van der Waals surface area contributed by atoms with Crippen LogP contribution >= 0.6 is 18.2 Å². The minimum absolute atomic E-state index is 0.0828. The van der Waals surface area contributed by atoms with Crippen LogP contribution in [0, 0.1) is 0 Å². The lowest BCUT2D eigenvalue weighted by Gasteiger charge is -2.12. The molecule has 1 rings (SSSR count). The van der Waals surface area contributed by atoms with E-state index in [-0.39, 0.29) is 18.8 Å². The molecule has 19 heavy (non-hydrogen) atoms. The Morgan fingerprint density at radius 3 is 2.53 bits per heavy atom. The zero-order valence-corrected chi connectivity index (χ0v) is 12.0. The SMILES string of the molecule is C=C(C)C(=O)OCCOP(=O)(Cl)Oc1ccccc1. The second-order valence-electron chi connectivity index (χ2n) is 3.58. The summed E-state index contributed by atoms with van der Waals surface area (Å²) in [4.78, 5) is 11.0. The molecule has 0 N–H and O–H groups in total. The molecule has 0 aliphatic rings. The number of hydrogen-bond acceptors (Lipinski definition) is 5. The predicted molar refractivity (Wildman–Crippen MR) is 72.3 cm³/mol. The quantitative estimate of drug-likeness (QED) is 0.334. The molecule has 0 amide bonds. The topological polar surface area (TPSA) is 61.8 Å². The fraction of sp³-hybridized carbons (Fsp3) is 0.250. The van der Waals surface area contributed by atoms with Crippen molar-refractivity contribution in [3.05, 3.63) is 42.5 Å². The second kappa shape index (κ2) is 7.34. The first-order valence-corrected chi connectivity index (χ1v) is 7.87. The standard InChI is InChI=1S/C12H14ClO5P/c1-10(2)12(14)16-8-9-17-19(13,15)18-11-6-4-3-5-7-11/h3-7H,1,8-9H2,2H3. The zero-order chi connectivity index (χ0) is 14.3. The van der Waals surface area contributed by atoms with Gasteiger partial charge in [-0.05, 0) is 19.1 Å². The third kappa shape index (κ3) is 6.43. The predicted octanol–water partition coefficient (Wildman–Crippen LogP) is 3.55. The number of hydrogen-bond donors (Lipinski definition) is 0. The number of halogens is 1. The average molecular weight is 305 g/mol. The van der Waals surface area contributed by atoms with E-state index in [9.17, 15) is 9.36 Å². The minimum Gasteiger partial charge on any atom is -0.460 e. The summed E-state index contributed by atoms with van der Waals surface area (Å²) in [6.45, 7) is 0.985. The summed E-state index contributed by atoms with van der Waals surface area (Å²) in [6.07, 6.45) is 0. The third-order valence-electron chi connectivity index (χ3n) is 1.87. The summed E-state index contributed by atoms with van der Waals surface area (Å²) in [5.74, 6) is -0.211. The summed E-state index contributed by atoms with van der Waals surface area (Å²) in [5, 5.41) is 0. The molecule has 0 bridgehead atoms. The summed E-state index contributed by atoms with van der Waals surface area (Å²) in [5.41, 5.74) is 0.273. The molecule has 0 aliphatic carbocycles. The number of carbonyl (C=O) groups is 1. The van der Waals surface area contributed by atoms with Crippen LogP contribution in [-0.4, -0.2) is 19.2 Å². The molecule has 0 saturated heterocycles. The number of ether oxygens (including phenoxy) is 1. The summed E-state index contributed by atoms with van der Waals surface area (Å²) < 4.78 is 26.3. The maximum Gasteiger partial charge on any atom is 0.476 e. The van der Waals surface area contributed by atoms with Gasteiger partial charge in [0.15, 0.2) is 0 Å². The zero-order valence-electron chi connectivity index (χ0n) is 10.4. The molecule has 0 fully saturated rings. The molecule has 1 unspecified atom stereocenters. The van der Waals surface area contributed by atoms with E-state index in [1.54, 1.807) is 30.3 Å². The Kier molecular flexibility index (Phi) is 6.09. The molecular formula is C12H14ClO5P. The number of esters is 1. The average Bonchev–Trinajstić information content (AvgIpc) is 2.35. The molecule has 7 heteroatoms. The van der Waals surface area contributed by atoms with Gasteiger partial charge in [0.1, 0.15) is 12.4 Å². The smallest absolute Gasteiger partial charge is 0.460 e. The van der Waals surface area contributed by atoms with E-state index in [0.717, 1.165) is 0 Å². The van der Waals surface area contributed by atoms with Crippen LogP contribution in [0.5, 0.6) is 5.75 Å². The van der Waals surface area contributed by atoms with Crippen LogP contribution in [0.4, 0.5) is 0 Å². The van der Waals surface area contributed by atoms with E-state index in [1.807, 2.05) is 0 Å². The molecule has 0 aliphatic heterocycles. The molecule has 1 aromatic carbocycles. The van der Waals surface area contributed by atoms with Gasteiger partial charge in [-0.25, -0.2) is 9.36 Å².